The average molecular weight is 387 g/mol. The first-order valence-electron chi connectivity index (χ1n) is 7.08. The molecule has 1 heterocycles. The zero-order valence-electron chi connectivity index (χ0n) is 12.4. The molecule has 0 atom stereocenters. The predicted octanol–water partition coefficient (Wildman–Crippen LogP) is 4.41. The first-order valence-corrected chi connectivity index (χ1v) is 8.16. The molecule has 0 aromatic heterocycles. The third kappa shape index (κ3) is 4.36. The molecule has 4 heteroatoms. The second-order valence-corrected chi connectivity index (χ2v) is 7.54. The summed E-state index contributed by atoms with van der Waals surface area (Å²) in [6.07, 6.45) is 1.85. The summed E-state index contributed by atoms with van der Waals surface area (Å²) < 4.78 is 6.68. The van der Waals surface area contributed by atoms with Gasteiger partial charge in [0.2, 0.25) is 0 Å². The van der Waals surface area contributed by atoms with Crippen LogP contribution >= 0.6 is 22.6 Å². The molecule has 1 aliphatic heterocycles. The zero-order chi connectivity index (χ0) is 14.8. The molecule has 0 spiro atoms. The maximum absolute atomic E-state index is 12.0. The van der Waals surface area contributed by atoms with Crippen LogP contribution in [0.25, 0.3) is 0 Å². The number of nitrogens with zero attached hydrogens (tertiary/aromatic N) is 1. The lowest BCUT2D eigenvalue weighted by molar-refractivity contribution is 0.0205. The van der Waals surface area contributed by atoms with E-state index in [2.05, 4.69) is 46.9 Å². The molecule has 1 aromatic carbocycles. The SMILES string of the molecule is CC(C)(C)OC(=O)N1CCC(c2ccc(I)cc2)CC1. The lowest BCUT2D eigenvalue weighted by atomic mass is 9.90. The van der Waals surface area contributed by atoms with Gasteiger partial charge in [0.1, 0.15) is 5.60 Å². The molecular formula is C16H22INO2. The van der Waals surface area contributed by atoms with Gasteiger partial charge in [0, 0.05) is 16.7 Å². The van der Waals surface area contributed by atoms with Crippen molar-refractivity contribution in [2.24, 2.45) is 0 Å². The summed E-state index contributed by atoms with van der Waals surface area (Å²) >= 11 is 2.32. The summed E-state index contributed by atoms with van der Waals surface area (Å²) in [6.45, 7) is 7.28. The quantitative estimate of drug-likeness (QED) is 0.669. The van der Waals surface area contributed by atoms with E-state index >= 15 is 0 Å². The van der Waals surface area contributed by atoms with Gasteiger partial charge in [0.25, 0.3) is 0 Å². The van der Waals surface area contributed by atoms with Crippen molar-refractivity contribution >= 4 is 28.7 Å². The van der Waals surface area contributed by atoms with Crippen molar-refractivity contribution in [2.45, 2.75) is 45.1 Å². The largest absolute Gasteiger partial charge is 0.444 e. The van der Waals surface area contributed by atoms with E-state index in [1.54, 1.807) is 0 Å². The van der Waals surface area contributed by atoms with E-state index in [0.717, 1.165) is 25.9 Å². The number of ether oxygens (including phenoxy) is 1. The maximum atomic E-state index is 12.0. The summed E-state index contributed by atoms with van der Waals surface area (Å²) in [5.41, 5.74) is 0.971. The van der Waals surface area contributed by atoms with Gasteiger partial charge in [-0.15, -0.1) is 0 Å². The Hall–Kier alpha value is -0.780. The van der Waals surface area contributed by atoms with Gasteiger partial charge in [-0.1, -0.05) is 12.1 Å². The lowest BCUT2D eigenvalue weighted by Gasteiger charge is -2.33. The highest BCUT2D eigenvalue weighted by Gasteiger charge is 2.27. The van der Waals surface area contributed by atoms with Gasteiger partial charge in [0.15, 0.2) is 0 Å². The minimum atomic E-state index is -0.413. The van der Waals surface area contributed by atoms with E-state index in [1.807, 2.05) is 25.7 Å². The van der Waals surface area contributed by atoms with E-state index in [-0.39, 0.29) is 6.09 Å². The number of halogens is 1. The molecule has 0 aliphatic carbocycles. The van der Waals surface area contributed by atoms with Gasteiger partial charge < -0.3 is 9.64 Å². The molecule has 0 bridgehead atoms. The van der Waals surface area contributed by atoms with E-state index in [1.165, 1.54) is 9.13 Å². The smallest absolute Gasteiger partial charge is 0.410 e. The van der Waals surface area contributed by atoms with Crippen molar-refractivity contribution in [3.63, 3.8) is 0 Å². The Kier molecular flexibility index (Phi) is 4.94. The highest BCUT2D eigenvalue weighted by Crippen LogP contribution is 2.29. The van der Waals surface area contributed by atoms with Gasteiger partial charge in [-0.3, -0.25) is 0 Å². The van der Waals surface area contributed by atoms with Gasteiger partial charge >= 0.3 is 6.09 Å². The number of hydrogen-bond acceptors (Lipinski definition) is 2. The Morgan fingerprint density at radius 1 is 1.20 bits per heavy atom. The van der Waals surface area contributed by atoms with Crippen LogP contribution in [0.15, 0.2) is 24.3 Å². The third-order valence-electron chi connectivity index (χ3n) is 3.49. The predicted molar refractivity (Wildman–Crippen MR) is 88.9 cm³/mol. The Morgan fingerprint density at radius 3 is 2.25 bits per heavy atom. The number of hydrogen-bond donors (Lipinski definition) is 0. The van der Waals surface area contributed by atoms with Crippen LogP contribution in [0.3, 0.4) is 0 Å². The number of carbonyl (C=O) groups excluding carboxylic acids is 1. The number of carbonyl (C=O) groups is 1. The Morgan fingerprint density at radius 2 is 1.75 bits per heavy atom. The molecule has 0 radical (unpaired) electrons. The lowest BCUT2D eigenvalue weighted by Crippen LogP contribution is -2.41. The van der Waals surface area contributed by atoms with Crippen LogP contribution in [-0.4, -0.2) is 29.7 Å². The number of rotatable bonds is 1. The third-order valence-corrected chi connectivity index (χ3v) is 4.21. The fourth-order valence-electron chi connectivity index (χ4n) is 2.46. The summed E-state index contributed by atoms with van der Waals surface area (Å²) in [4.78, 5) is 13.8. The molecule has 1 saturated heterocycles. The highest BCUT2D eigenvalue weighted by atomic mass is 127. The van der Waals surface area contributed by atoms with Gasteiger partial charge in [0.05, 0.1) is 0 Å². The number of piperidine rings is 1. The number of likely N-dealkylation sites (tertiary alicyclic amines) is 1. The van der Waals surface area contributed by atoms with Crippen LogP contribution < -0.4 is 0 Å². The van der Waals surface area contributed by atoms with Crippen molar-refractivity contribution in [1.82, 2.24) is 4.90 Å². The van der Waals surface area contributed by atoms with E-state index in [4.69, 9.17) is 4.74 Å². The molecule has 20 heavy (non-hydrogen) atoms. The van der Waals surface area contributed by atoms with Crippen LogP contribution in [0.1, 0.15) is 45.1 Å². The summed E-state index contributed by atoms with van der Waals surface area (Å²) in [5.74, 6) is 0.561. The molecule has 0 unspecified atom stereocenters. The molecule has 1 aliphatic rings. The molecule has 0 saturated carbocycles. The van der Waals surface area contributed by atoms with Crippen molar-refractivity contribution in [2.75, 3.05) is 13.1 Å². The Balaban J connectivity index is 1.89. The Labute approximate surface area is 134 Å². The van der Waals surface area contributed by atoms with Crippen LogP contribution in [-0.2, 0) is 4.74 Å². The van der Waals surface area contributed by atoms with Gasteiger partial charge in [-0.05, 0) is 79.8 Å². The van der Waals surface area contributed by atoms with E-state index in [9.17, 15) is 4.79 Å². The standard InChI is InChI=1S/C16H22INO2/c1-16(2,3)20-15(19)18-10-8-13(9-11-18)12-4-6-14(17)7-5-12/h4-7,13H,8-11H2,1-3H3. The fraction of sp³-hybridized carbons (Fsp3) is 0.562. The molecule has 0 N–H and O–H groups in total. The molecular weight excluding hydrogens is 365 g/mol. The number of benzene rings is 1. The van der Waals surface area contributed by atoms with Crippen molar-refractivity contribution < 1.29 is 9.53 Å². The van der Waals surface area contributed by atoms with Crippen LogP contribution in [0.2, 0.25) is 0 Å². The molecule has 1 fully saturated rings. The van der Waals surface area contributed by atoms with Crippen molar-refractivity contribution in [3.05, 3.63) is 33.4 Å². The van der Waals surface area contributed by atoms with E-state index in [0.29, 0.717) is 5.92 Å². The van der Waals surface area contributed by atoms with Gasteiger partial charge in [-0.2, -0.15) is 0 Å². The molecule has 1 aromatic rings. The monoisotopic (exact) mass is 387 g/mol. The molecule has 110 valence electrons. The average Bonchev–Trinajstić information content (AvgIpc) is 2.38. The summed E-state index contributed by atoms with van der Waals surface area (Å²) in [7, 11) is 0. The first-order chi connectivity index (χ1) is 9.35. The Bertz CT molecular complexity index is 456. The maximum Gasteiger partial charge on any atom is 0.410 e. The number of amides is 1. The van der Waals surface area contributed by atoms with Crippen LogP contribution in [0.5, 0.6) is 0 Å². The molecule has 1 amide bonds. The van der Waals surface area contributed by atoms with Crippen molar-refractivity contribution in [3.8, 4) is 0 Å². The first kappa shape index (κ1) is 15.6. The summed E-state index contributed by atoms with van der Waals surface area (Å²) in [5, 5.41) is 0. The molecule has 2 rings (SSSR count). The minimum Gasteiger partial charge on any atom is -0.444 e. The minimum absolute atomic E-state index is 0.182. The highest BCUT2D eigenvalue weighted by molar-refractivity contribution is 14.1. The summed E-state index contributed by atoms with van der Waals surface area (Å²) in [6, 6.07) is 8.71. The topological polar surface area (TPSA) is 29.5 Å². The van der Waals surface area contributed by atoms with E-state index < -0.39 is 5.60 Å². The molecule has 3 nitrogen and oxygen atoms in total. The second kappa shape index (κ2) is 6.33. The fourth-order valence-corrected chi connectivity index (χ4v) is 2.82. The zero-order valence-corrected chi connectivity index (χ0v) is 14.5. The second-order valence-electron chi connectivity index (χ2n) is 6.29. The van der Waals surface area contributed by atoms with Crippen LogP contribution in [0.4, 0.5) is 4.79 Å². The van der Waals surface area contributed by atoms with Gasteiger partial charge in [-0.25, -0.2) is 4.79 Å². The normalized spacial score (nSPS) is 17.1. The van der Waals surface area contributed by atoms with Crippen LogP contribution in [0, 0.1) is 3.57 Å². The van der Waals surface area contributed by atoms with Crippen molar-refractivity contribution in [1.29, 1.82) is 0 Å².